The second kappa shape index (κ2) is 5.74. The molecule has 0 amide bonds. The summed E-state index contributed by atoms with van der Waals surface area (Å²) in [7, 11) is 0. The maximum Gasteiger partial charge on any atom is 0.119 e. The quantitative estimate of drug-likeness (QED) is 0.601. The highest BCUT2D eigenvalue weighted by molar-refractivity contribution is 5.53. The number of hydrogen-bond acceptors (Lipinski definition) is 2. The van der Waals surface area contributed by atoms with Gasteiger partial charge in [0.15, 0.2) is 0 Å². The normalized spacial score (nSPS) is 25.8. The Morgan fingerprint density at radius 1 is 0.750 bits per heavy atom. The summed E-state index contributed by atoms with van der Waals surface area (Å²) in [6.07, 6.45) is 15.4. The Hall–Kier alpha value is -1.70. The van der Waals surface area contributed by atoms with E-state index in [9.17, 15) is 10.2 Å². The summed E-state index contributed by atoms with van der Waals surface area (Å²) in [5.41, 5.74) is 1.88. The highest BCUT2D eigenvalue weighted by Crippen LogP contribution is 2.45. The molecule has 1 aromatic rings. The molecule has 2 atom stereocenters. The van der Waals surface area contributed by atoms with Crippen molar-refractivity contribution in [2.75, 3.05) is 0 Å². The van der Waals surface area contributed by atoms with E-state index in [1.165, 1.54) is 0 Å². The first-order valence-corrected chi connectivity index (χ1v) is 7.65. The van der Waals surface area contributed by atoms with E-state index in [-0.39, 0.29) is 11.8 Å². The van der Waals surface area contributed by atoms with E-state index in [0.29, 0.717) is 11.5 Å². The Morgan fingerprint density at radius 3 is 1.55 bits per heavy atom. The van der Waals surface area contributed by atoms with Crippen LogP contribution in [0.5, 0.6) is 11.5 Å². The number of phenolic OH excluding ortho intramolecular Hbond substituents is 2. The Balaban J connectivity index is 2.08. The van der Waals surface area contributed by atoms with Crippen molar-refractivity contribution in [3.63, 3.8) is 0 Å². The van der Waals surface area contributed by atoms with Crippen LogP contribution in [0.15, 0.2) is 36.4 Å². The van der Waals surface area contributed by atoms with Crippen LogP contribution in [0.3, 0.4) is 0 Å². The van der Waals surface area contributed by atoms with Gasteiger partial charge in [-0.2, -0.15) is 0 Å². The highest BCUT2D eigenvalue weighted by atomic mass is 16.3. The van der Waals surface area contributed by atoms with Gasteiger partial charge in [-0.1, -0.05) is 24.3 Å². The average Bonchev–Trinajstić information content (AvgIpc) is 2.51. The van der Waals surface area contributed by atoms with Gasteiger partial charge in [0.1, 0.15) is 11.5 Å². The van der Waals surface area contributed by atoms with Gasteiger partial charge in [0, 0.05) is 23.0 Å². The lowest BCUT2D eigenvalue weighted by Crippen LogP contribution is -2.09. The molecule has 2 heteroatoms. The summed E-state index contributed by atoms with van der Waals surface area (Å²) in [5.74, 6) is 1.13. The van der Waals surface area contributed by atoms with Crippen molar-refractivity contribution in [1.29, 1.82) is 0 Å². The summed E-state index contributed by atoms with van der Waals surface area (Å²) in [5, 5.41) is 20.7. The molecule has 2 aliphatic carbocycles. The van der Waals surface area contributed by atoms with Gasteiger partial charge in [0.25, 0.3) is 0 Å². The van der Waals surface area contributed by atoms with Gasteiger partial charge in [0.2, 0.25) is 0 Å². The first-order valence-electron chi connectivity index (χ1n) is 7.65. The Morgan fingerprint density at radius 2 is 1.20 bits per heavy atom. The number of hydrogen-bond donors (Lipinski definition) is 2. The number of allylic oxidation sites excluding steroid dienone is 4. The molecular formula is C18H22O2. The smallest absolute Gasteiger partial charge is 0.119 e. The predicted octanol–water partition coefficient (Wildman–Crippen LogP) is 4.75. The Labute approximate surface area is 120 Å². The van der Waals surface area contributed by atoms with Crippen LogP contribution in [0.1, 0.15) is 61.5 Å². The SMILES string of the molecule is Oc1ccc(O)c(C2C=CCCC2)c1C1C=CCCC1. The van der Waals surface area contributed by atoms with E-state index in [0.717, 1.165) is 49.7 Å². The second-order valence-electron chi connectivity index (χ2n) is 5.86. The first kappa shape index (κ1) is 13.3. The van der Waals surface area contributed by atoms with Crippen molar-refractivity contribution in [2.45, 2.75) is 50.4 Å². The molecule has 2 aliphatic rings. The van der Waals surface area contributed by atoms with Crippen molar-refractivity contribution in [3.05, 3.63) is 47.6 Å². The van der Waals surface area contributed by atoms with Crippen LogP contribution < -0.4 is 0 Å². The minimum Gasteiger partial charge on any atom is -0.508 e. The van der Waals surface area contributed by atoms with E-state index >= 15 is 0 Å². The van der Waals surface area contributed by atoms with Gasteiger partial charge in [-0.25, -0.2) is 0 Å². The van der Waals surface area contributed by atoms with Crippen molar-refractivity contribution >= 4 is 0 Å². The third kappa shape index (κ3) is 2.47. The molecule has 0 fully saturated rings. The molecule has 0 spiro atoms. The summed E-state index contributed by atoms with van der Waals surface area (Å²) < 4.78 is 0. The van der Waals surface area contributed by atoms with Crippen molar-refractivity contribution in [2.24, 2.45) is 0 Å². The second-order valence-corrected chi connectivity index (χ2v) is 5.86. The van der Waals surface area contributed by atoms with E-state index in [2.05, 4.69) is 24.3 Å². The summed E-state index contributed by atoms with van der Waals surface area (Å²) >= 11 is 0. The molecule has 0 radical (unpaired) electrons. The van der Waals surface area contributed by atoms with Crippen LogP contribution in [0.25, 0.3) is 0 Å². The molecule has 2 nitrogen and oxygen atoms in total. The fourth-order valence-corrected chi connectivity index (χ4v) is 3.50. The fraction of sp³-hybridized carbons (Fsp3) is 0.444. The third-order valence-electron chi connectivity index (χ3n) is 4.49. The zero-order valence-electron chi connectivity index (χ0n) is 11.8. The number of aromatic hydroxyl groups is 2. The first-order chi connectivity index (χ1) is 9.77. The molecule has 2 unspecified atom stereocenters. The maximum absolute atomic E-state index is 10.3. The molecule has 0 saturated heterocycles. The van der Waals surface area contributed by atoms with Crippen LogP contribution in [0.2, 0.25) is 0 Å². The van der Waals surface area contributed by atoms with Crippen LogP contribution in [-0.2, 0) is 0 Å². The maximum atomic E-state index is 10.3. The predicted molar refractivity (Wildman–Crippen MR) is 81.2 cm³/mol. The monoisotopic (exact) mass is 270 g/mol. The van der Waals surface area contributed by atoms with E-state index in [1.54, 1.807) is 12.1 Å². The lowest BCUT2D eigenvalue weighted by molar-refractivity contribution is 0.437. The molecule has 2 N–H and O–H groups in total. The molecule has 3 rings (SSSR count). The molecule has 0 aromatic heterocycles. The number of rotatable bonds is 2. The van der Waals surface area contributed by atoms with Crippen molar-refractivity contribution in [1.82, 2.24) is 0 Å². The minimum absolute atomic E-state index is 0.237. The zero-order chi connectivity index (χ0) is 13.9. The van der Waals surface area contributed by atoms with Crippen LogP contribution in [0, 0.1) is 0 Å². The zero-order valence-corrected chi connectivity index (χ0v) is 11.8. The van der Waals surface area contributed by atoms with Gasteiger partial charge in [0.05, 0.1) is 0 Å². The summed E-state index contributed by atoms with van der Waals surface area (Å²) in [6, 6.07) is 3.26. The molecule has 0 heterocycles. The summed E-state index contributed by atoms with van der Waals surface area (Å²) in [6.45, 7) is 0. The average molecular weight is 270 g/mol. The molecule has 106 valence electrons. The van der Waals surface area contributed by atoms with Gasteiger partial charge in [-0.05, 0) is 50.7 Å². The Bertz CT molecular complexity index is 494. The molecule has 0 saturated carbocycles. The molecule has 20 heavy (non-hydrogen) atoms. The van der Waals surface area contributed by atoms with Crippen LogP contribution in [-0.4, -0.2) is 10.2 Å². The number of benzene rings is 1. The van der Waals surface area contributed by atoms with Crippen LogP contribution >= 0.6 is 0 Å². The molecule has 0 bridgehead atoms. The Kier molecular flexibility index (Phi) is 3.81. The minimum atomic E-state index is 0.237. The van der Waals surface area contributed by atoms with Gasteiger partial charge in [-0.3, -0.25) is 0 Å². The number of phenols is 2. The molecular weight excluding hydrogens is 248 g/mol. The lowest BCUT2D eigenvalue weighted by Gasteiger charge is -2.26. The largest absolute Gasteiger partial charge is 0.508 e. The van der Waals surface area contributed by atoms with E-state index in [1.807, 2.05) is 0 Å². The van der Waals surface area contributed by atoms with Crippen molar-refractivity contribution in [3.8, 4) is 11.5 Å². The highest BCUT2D eigenvalue weighted by Gasteiger charge is 2.25. The molecule has 0 aliphatic heterocycles. The third-order valence-corrected chi connectivity index (χ3v) is 4.49. The standard InChI is InChI=1S/C18H22O2/c19-15-11-12-16(20)18(14-9-5-2-6-10-14)17(15)13-7-3-1-4-8-13/h3,5,7,9,11-14,19-20H,1-2,4,6,8,10H2. The van der Waals surface area contributed by atoms with E-state index in [4.69, 9.17) is 0 Å². The topological polar surface area (TPSA) is 40.5 Å². The summed E-state index contributed by atoms with van der Waals surface area (Å²) in [4.78, 5) is 0. The lowest BCUT2D eigenvalue weighted by atomic mass is 9.79. The van der Waals surface area contributed by atoms with Crippen LogP contribution in [0.4, 0.5) is 0 Å². The van der Waals surface area contributed by atoms with E-state index < -0.39 is 0 Å². The fourth-order valence-electron chi connectivity index (χ4n) is 3.50. The van der Waals surface area contributed by atoms with Gasteiger partial charge in [-0.15, -0.1) is 0 Å². The van der Waals surface area contributed by atoms with Gasteiger partial charge < -0.3 is 10.2 Å². The van der Waals surface area contributed by atoms with Crippen molar-refractivity contribution < 1.29 is 10.2 Å². The van der Waals surface area contributed by atoms with Gasteiger partial charge >= 0.3 is 0 Å². The molecule has 1 aromatic carbocycles.